The van der Waals surface area contributed by atoms with Crippen LogP contribution in [0.5, 0.6) is 0 Å². The molecule has 3 fully saturated rings. The molecule has 6 nitrogen and oxygen atoms in total. The molecular formula is C25H28F6N4O2S2. The van der Waals surface area contributed by atoms with Crippen LogP contribution in [-0.4, -0.2) is 61.8 Å². The van der Waals surface area contributed by atoms with E-state index in [2.05, 4.69) is 9.71 Å². The minimum atomic E-state index is -4.62. The summed E-state index contributed by atoms with van der Waals surface area (Å²) < 4.78 is 107. The van der Waals surface area contributed by atoms with Gasteiger partial charge in [0.25, 0.3) is 10.2 Å². The van der Waals surface area contributed by atoms with E-state index in [0.717, 1.165) is 39.5 Å². The lowest BCUT2D eigenvalue weighted by atomic mass is 9.79. The number of halogens is 6. The minimum Gasteiger partial charge on any atom is -0.362 e. The molecule has 2 aliphatic heterocycles. The predicted octanol–water partition coefficient (Wildman–Crippen LogP) is 5.16. The van der Waals surface area contributed by atoms with Gasteiger partial charge in [-0.3, -0.25) is 0 Å². The quantitative estimate of drug-likeness (QED) is 0.499. The number of hydrogen-bond donors (Lipinski definition) is 1. The molecular weight excluding hydrogens is 566 g/mol. The first-order valence-electron chi connectivity index (χ1n) is 13.0. The number of rotatable bonds is 3. The van der Waals surface area contributed by atoms with E-state index in [1.54, 1.807) is 6.20 Å². The van der Waals surface area contributed by atoms with Crippen LogP contribution in [0.1, 0.15) is 36.8 Å². The van der Waals surface area contributed by atoms with Crippen molar-refractivity contribution in [1.29, 1.82) is 0 Å². The Kier molecular flexibility index (Phi) is 6.52. The highest BCUT2D eigenvalue weighted by Gasteiger charge is 2.60. The van der Waals surface area contributed by atoms with Crippen molar-refractivity contribution >= 4 is 26.5 Å². The Bertz CT molecular complexity index is 1350. The van der Waals surface area contributed by atoms with E-state index < -0.39 is 40.6 Å². The van der Waals surface area contributed by atoms with Crippen LogP contribution in [0.25, 0.3) is 10.6 Å². The van der Waals surface area contributed by atoms with Gasteiger partial charge in [0.05, 0.1) is 17.7 Å². The number of nitrogens with zero attached hydrogens (tertiary/aromatic N) is 3. The summed E-state index contributed by atoms with van der Waals surface area (Å²) in [5.74, 6) is -1.50. The van der Waals surface area contributed by atoms with Crippen LogP contribution in [0.3, 0.4) is 0 Å². The Morgan fingerprint density at radius 3 is 2.31 bits per heavy atom. The zero-order valence-corrected chi connectivity index (χ0v) is 22.5. The molecule has 2 aromatic rings. The number of nitrogens with one attached hydrogen (secondary N) is 1. The molecule has 1 aromatic carbocycles. The molecule has 2 aliphatic carbocycles. The minimum absolute atomic E-state index is 0.0596. The van der Waals surface area contributed by atoms with Gasteiger partial charge >= 0.3 is 12.4 Å². The zero-order valence-electron chi connectivity index (χ0n) is 20.9. The van der Waals surface area contributed by atoms with Crippen molar-refractivity contribution < 1.29 is 34.8 Å². The molecule has 6 rings (SSSR count). The second kappa shape index (κ2) is 9.31. The molecule has 39 heavy (non-hydrogen) atoms. The van der Waals surface area contributed by atoms with Crippen LogP contribution < -0.4 is 9.62 Å². The van der Waals surface area contributed by atoms with Gasteiger partial charge in [-0.1, -0.05) is 23.5 Å². The third-order valence-corrected chi connectivity index (χ3v) is 11.6. The summed E-state index contributed by atoms with van der Waals surface area (Å²) in [6.07, 6.45) is -4.38. The van der Waals surface area contributed by atoms with Gasteiger partial charge in [0, 0.05) is 25.2 Å². The lowest BCUT2D eigenvalue weighted by Gasteiger charge is -2.33. The number of fused-ring (bicyclic) bond motifs is 1. The summed E-state index contributed by atoms with van der Waals surface area (Å²) in [6, 6.07) is 5.96. The summed E-state index contributed by atoms with van der Waals surface area (Å²) in [6.45, 7) is -1.04. The molecule has 0 radical (unpaired) electrons. The lowest BCUT2D eigenvalue weighted by Crippen LogP contribution is -2.52. The molecule has 4 aliphatic rings. The summed E-state index contributed by atoms with van der Waals surface area (Å²) in [5.41, 5.74) is 2.04. The average molecular weight is 595 g/mol. The number of benzene rings is 1. The first-order valence-corrected chi connectivity index (χ1v) is 15.2. The van der Waals surface area contributed by atoms with E-state index in [4.69, 9.17) is 0 Å². The van der Waals surface area contributed by atoms with E-state index in [1.165, 1.54) is 11.3 Å². The van der Waals surface area contributed by atoms with Crippen LogP contribution in [0.4, 0.5) is 31.3 Å². The molecule has 0 amide bonds. The number of anilines is 1. The van der Waals surface area contributed by atoms with Crippen LogP contribution in [-0.2, 0) is 23.1 Å². The predicted molar refractivity (Wildman–Crippen MR) is 135 cm³/mol. The fourth-order valence-electron chi connectivity index (χ4n) is 6.95. The van der Waals surface area contributed by atoms with E-state index >= 15 is 0 Å². The molecule has 1 N–H and O–H groups in total. The Hall–Kier alpha value is -1.90. The summed E-state index contributed by atoms with van der Waals surface area (Å²) in [5, 5.41) is 1.57. The van der Waals surface area contributed by atoms with Crippen molar-refractivity contribution in [2.45, 2.75) is 56.4 Å². The molecule has 3 atom stereocenters. The molecule has 1 saturated carbocycles. The maximum absolute atomic E-state index is 13.1. The monoisotopic (exact) mass is 594 g/mol. The van der Waals surface area contributed by atoms with Gasteiger partial charge in [-0.15, -0.1) is 0 Å². The Morgan fingerprint density at radius 1 is 1.00 bits per heavy atom. The molecule has 2 bridgehead atoms. The van der Waals surface area contributed by atoms with Crippen molar-refractivity contribution in [3.05, 3.63) is 35.5 Å². The first kappa shape index (κ1) is 27.3. The van der Waals surface area contributed by atoms with Gasteiger partial charge in [-0.05, 0) is 67.6 Å². The third kappa shape index (κ3) is 5.06. The molecule has 3 heterocycles. The largest absolute Gasteiger partial charge is 0.402 e. The first-order chi connectivity index (χ1) is 18.2. The van der Waals surface area contributed by atoms with Crippen molar-refractivity contribution in [1.82, 2.24) is 14.0 Å². The number of piperidine rings is 1. The maximum Gasteiger partial charge on any atom is 0.402 e. The lowest BCUT2D eigenvalue weighted by molar-refractivity contribution is -0.179. The fraction of sp³-hybridized carbons (Fsp3) is 0.640. The molecule has 214 valence electrons. The fourth-order valence-corrected chi connectivity index (χ4v) is 9.62. The van der Waals surface area contributed by atoms with E-state index in [9.17, 15) is 34.8 Å². The van der Waals surface area contributed by atoms with Crippen molar-refractivity contribution in [2.75, 3.05) is 31.1 Å². The molecule has 2 saturated heterocycles. The molecule has 14 heteroatoms. The van der Waals surface area contributed by atoms with Gasteiger partial charge in [0.15, 0.2) is 0 Å². The number of alkyl halides is 6. The third-order valence-electron chi connectivity index (χ3n) is 8.92. The zero-order chi connectivity index (χ0) is 27.8. The second-order valence-electron chi connectivity index (χ2n) is 11.2. The van der Waals surface area contributed by atoms with Gasteiger partial charge in [0.1, 0.15) is 16.6 Å². The van der Waals surface area contributed by atoms with Crippen LogP contribution in [0.2, 0.25) is 0 Å². The number of thiazole rings is 1. The Labute approximate surface area is 226 Å². The maximum atomic E-state index is 13.1. The Balaban J connectivity index is 1.21. The summed E-state index contributed by atoms with van der Waals surface area (Å²) in [7, 11) is -4.24. The van der Waals surface area contributed by atoms with Gasteiger partial charge < -0.3 is 4.90 Å². The molecule has 0 unspecified atom stereocenters. The van der Waals surface area contributed by atoms with Crippen LogP contribution in [0, 0.1) is 17.8 Å². The van der Waals surface area contributed by atoms with Crippen LogP contribution >= 0.6 is 11.3 Å². The molecule has 1 spiro atoms. The second-order valence-corrected chi connectivity index (χ2v) is 13.9. The Morgan fingerprint density at radius 2 is 1.67 bits per heavy atom. The van der Waals surface area contributed by atoms with Gasteiger partial charge in [0.2, 0.25) is 0 Å². The normalized spacial score (nSPS) is 29.6. The smallest absolute Gasteiger partial charge is 0.362 e. The summed E-state index contributed by atoms with van der Waals surface area (Å²) in [4.78, 5) is 6.47. The SMILES string of the molecule is O=S1(=O)N[C@]2(CN1CC(F)(F)F)[C@@H]1CC[C@H]2Cc2cc(-c3ncc(N4CCC(C(F)(F)F)CC4)s3)ccc2C1. The van der Waals surface area contributed by atoms with Crippen molar-refractivity contribution in [2.24, 2.45) is 17.8 Å². The number of hydrogen-bond acceptors (Lipinski definition) is 5. The summed E-state index contributed by atoms with van der Waals surface area (Å²) >= 11 is 1.43. The van der Waals surface area contributed by atoms with Gasteiger partial charge in [-0.25, -0.2) is 4.98 Å². The average Bonchev–Trinajstić information content (AvgIpc) is 3.48. The van der Waals surface area contributed by atoms with E-state index in [0.29, 0.717) is 30.2 Å². The highest BCUT2D eigenvalue weighted by atomic mass is 32.2. The highest BCUT2D eigenvalue weighted by Crippen LogP contribution is 2.51. The van der Waals surface area contributed by atoms with E-state index in [1.807, 2.05) is 23.1 Å². The highest BCUT2D eigenvalue weighted by molar-refractivity contribution is 7.87. The standard InChI is InChI=1S/C25H28F6N4O2S2/c26-24(27,28)14-35-13-23(33-39(35,36)37)19-3-4-20(23)11-17-9-16(2-1-15(17)10-19)22-32-12-21(38-22)34-7-5-18(6-8-34)25(29,30)31/h1-2,9,12,18-20,33H,3-8,10-11,13-14H2/t19-,20+,23-/m1/s1. The van der Waals surface area contributed by atoms with Gasteiger partial charge in [-0.2, -0.15) is 43.8 Å². The van der Waals surface area contributed by atoms with Crippen molar-refractivity contribution in [3.63, 3.8) is 0 Å². The number of aromatic nitrogens is 1. The van der Waals surface area contributed by atoms with Crippen molar-refractivity contribution in [3.8, 4) is 10.6 Å². The van der Waals surface area contributed by atoms with E-state index in [-0.39, 0.29) is 31.2 Å². The molecule has 1 aromatic heterocycles. The van der Waals surface area contributed by atoms with Crippen LogP contribution in [0.15, 0.2) is 24.4 Å². The topological polar surface area (TPSA) is 65.5 Å².